The van der Waals surface area contributed by atoms with Crippen molar-refractivity contribution >= 4 is 5.71 Å². The van der Waals surface area contributed by atoms with E-state index in [4.69, 9.17) is 0 Å². The summed E-state index contributed by atoms with van der Waals surface area (Å²) in [5.74, 6) is 0. The molecule has 0 atom stereocenters. The summed E-state index contributed by atoms with van der Waals surface area (Å²) in [7, 11) is 0. The van der Waals surface area contributed by atoms with E-state index in [1.807, 2.05) is 12.2 Å². The summed E-state index contributed by atoms with van der Waals surface area (Å²) < 4.78 is 0. The zero-order valence-electron chi connectivity index (χ0n) is 8.54. The summed E-state index contributed by atoms with van der Waals surface area (Å²) in [6.45, 7) is 4.11. The zero-order chi connectivity index (χ0) is 9.97. The van der Waals surface area contributed by atoms with E-state index in [1.54, 1.807) is 0 Å². The van der Waals surface area contributed by atoms with Gasteiger partial charge in [-0.1, -0.05) is 18.2 Å². The lowest BCUT2D eigenvalue weighted by atomic mass is 10.1. The maximum absolute atomic E-state index is 4.49. The SMILES string of the molecule is CC1=C=CC=CC(C2=CCC(C)=N2)=C1. The molecule has 1 heterocycles. The van der Waals surface area contributed by atoms with Crippen LogP contribution in [0.3, 0.4) is 0 Å². The monoisotopic (exact) mass is 183 g/mol. The topological polar surface area (TPSA) is 12.4 Å². The molecule has 0 fully saturated rings. The molecule has 1 nitrogen and oxygen atoms in total. The van der Waals surface area contributed by atoms with Crippen LogP contribution in [0.15, 0.2) is 57.9 Å². The van der Waals surface area contributed by atoms with E-state index in [0.29, 0.717) is 0 Å². The van der Waals surface area contributed by atoms with Crippen molar-refractivity contribution in [3.05, 3.63) is 53.0 Å². The smallest absolute Gasteiger partial charge is 0.0665 e. The first-order valence-corrected chi connectivity index (χ1v) is 4.82. The molecule has 0 bridgehead atoms. The van der Waals surface area contributed by atoms with Gasteiger partial charge in [0.1, 0.15) is 0 Å². The summed E-state index contributed by atoms with van der Waals surface area (Å²) in [6, 6.07) is 0. The van der Waals surface area contributed by atoms with Crippen LogP contribution in [0.1, 0.15) is 20.3 Å². The second-order valence-electron chi connectivity index (χ2n) is 3.59. The van der Waals surface area contributed by atoms with Crippen molar-refractivity contribution in [3.63, 3.8) is 0 Å². The Labute approximate surface area is 84.6 Å². The Morgan fingerprint density at radius 3 is 2.93 bits per heavy atom. The van der Waals surface area contributed by atoms with Crippen LogP contribution in [0.4, 0.5) is 0 Å². The molecular weight excluding hydrogens is 170 g/mol. The molecule has 0 unspecified atom stereocenters. The third-order valence-corrected chi connectivity index (χ3v) is 2.25. The van der Waals surface area contributed by atoms with Crippen molar-refractivity contribution in [2.75, 3.05) is 0 Å². The Balaban J connectivity index is 2.34. The molecule has 0 N–H and O–H groups in total. The predicted octanol–water partition coefficient (Wildman–Crippen LogP) is 3.33. The molecule has 0 saturated carbocycles. The van der Waals surface area contributed by atoms with Gasteiger partial charge in [0.05, 0.1) is 5.70 Å². The molecule has 1 heteroatoms. The van der Waals surface area contributed by atoms with Gasteiger partial charge in [0.15, 0.2) is 0 Å². The second-order valence-corrected chi connectivity index (χ2v) is 3.59. The fourth-order valence-corrected chi connectivity index (χ4v) is 1.54. The van der Waals surface area contributed by atoms with E-state index in [9.17, 15) is 0 Å². The minimum Gasteiger partial charge on any atom is -0.258 e. The predicted molar refractivity (Wildman–Crippen MR) is 60.3 cm³/mol. The van der Waals surface area contributed by atoms with E-state index >= 15 is 0 Å². The second kappa shape index (κ2) is 3.65. The molecular formula is C13H13N. The number of hydrogen-bond donors (Lipinski definition) is 0. The van der Waals surface area contributed by atoms with Gasteiger partial charge in [0.2, 0.25) is 0 Å². The Morgan fingerprint density at radius 1 is 1.36 bits per heavy atom. The number of allylic oxidation sites excluding steroid dienone is 5. The van der Waals surface area contributed by atoms with Crippen LogP contribution in [0, 0.1) is 0 Å². The third-order valence-electron chi connectivity index (χ3n) is 2.25. The molecule has 0 amide bonds. The van der Waals surface area contributed by atoms with Crippen LogP contribution >= 0.6 is 0 Å². The van der Waals surface area contributed by atoms with Crippen LogP contribution in [-0.4, -0.2) is 5.71 Å². The minimum atomic E-state index is 0.983. The highest BCUT2D eigenvalue weighted by Gasteiger charge is 2.07. The first-order valence-electron chi connectivity index (χ1n) is 4.82. The normalized spacial score (nSPS) is 19.9. The van der Waals surface area contributed by atoms with Gasteiger partial charge in [0, 0.05) is 17.7 Å². The van der Waals surface area contributed by atoms with E-state index in [0.717, 1.165) is 17.7 Å². The summed E-state index contributed by atoms with van der Waals surface area (Å²) >= 11 is 0. The van der Waals surface area contributed by atoms with Gasteiger partial charge in [-0.15, -0.1) is 5.73 Å². The first-order chi connectivity index (χ1) is 6.75. The van der Waals surface area contributed by atoms with Gasteiger partial charge in [-0.05, 0) is 31.6 Å². The molecule has 2 aliphatic rings. The average Bonchev–Trinajstić information content (AvgIpc) is 2.45. The number of hydrogen-bond acceptors (Lipinski definition) is 1. The molecule has 14 heavy (non-hydrogen) atoms. The third kappa shape index (κ3) is 1.84. The van der Waals surface area contributed by atoms with Gasteiger partial charge in [-0.3, -0.25) is 4.99 Å². The maximum atomic E-state index is 4.49. The Bertz CT molecular complexity index is 436. The molecule has 2 rings (SSSR count). The fraction of sp³-hybridized carbons (Fsp3) is 0.231. The number of nitrogens with zero attached hydrogens (tertiary/aromatic N) is 1. The van der Waals surface area contributed by atoms with Gasteiger partial charge >= 0.3 is 0 Å². The van der Waals surface area contributed by atoms with Gasteiger partial charge in [-0.25, -0.2) is 0 Å². The molecule has 0 saturated heterocycles. The van der Waals surface area contributed by atoms with Gasteiger partial charge in [-0.2, -0.15) is 0 Å². The minimum absolute atomic E-state index is 0.983. The highest BCUT2D eigenvalue weighted by atomic mass is 14.8. The van der Waals surface area contributed by atoms with Crippen LogP contribution in [0.25, 0.3) is 0 Å². The highest BCUT2D eigenvalue weighted by Crippen LogP contribution is 2.22. The van der Waals surface area contributed by atoms with Crippen LogP contribution in [0.2, 0.25) is 0 Å². The summed E-state index contributed by atoms with van der Waals surface area (Å²) in [4.78, 5) is 4.49. The van der Waals surface area contributed by atoms with Crippen molar-refractivity contribution in [1.82, 2.24) is 0 Å². The molecule has 1 aliphatic carbocycles. The molecule has 0 radical (unpaired) electrons. The number of rotatable bonds is 1. The molecule has 0 aromatic rings. The average molecular weight is 183 g/mol. The van der Waals surface area contributed by atoms with Crippen LogP contribution < -0.4 is 0 Å². The van der Waals surface area contributed by atoms with Crippen molar-refractivity contribution in [2.45, 2.75) is 20.3 Å². The zero-order valence-corrected chi connectivity index (χ0v) is 8.54. The largest absolute Gasteiger partial charge is 0.258 e. The lowest BCUT2D eigenvalue weighted by Gasteiger charge is -1.98. The van der Waals surface area contributed by atoms with E-state index in [2.05, 4.69) is 42.8 Å². The summed E-state index contributed by atoms with van der Waals surface area (Å²) in [6.07, 6.45) is 11.3. The van der Waals surface area contributed by atoms with Crippen LogP contribution in [-0.2, 0) is 0 Å². The molecule has 70 valence electrons. The van der Waals surface area contributed by atoms with Crippen molar-refractivity contribution in [2.24, 2.45) is 4.99 Å². The van der Waals surface area contributed by atoms with Gasteiger partial charge < -0.3 is 0 Å². The molecule has 0 aromatic heterocycles. The Kier molecular flexibility index (Phi) is 2.34. The Hall–Kier alpha value is -1.59. The maximum Gasteiger partial charge on any atom is 0.0665 e. The summed E-state index contributed by atoms with van der Waals surface area (Å²) in [5, 5.41) is 0. The lowest BCUT2D eigenvalue weighted by molar-refractivity contribution is 1.35. The molecule has 0 aromatic carbocycles. The van der Waals surface area contributed by atoms with E-state index in [1.165, 1.54) is 11.3 Å². The van der Waals surface area contributed by atoms with Crippen molar-refractivity contribution in [3.8, 4) is 0 Å². The fourth-order valence-electron chi connectivity index (χ4n) is 1.54. The highest BCUT2D eigenvalue weighted by molar-refractivity contribution is 5.87. The first kappa shape index (κ1) is 8.98. The lowest BCUT2D eigenvalue weighted by Crippen LogP contribution is -1.82. The van der Waals surface area contributed by atoms with E-state index < -0.39 is 0 Å². The van der Waals surface area contributed by atoms with Crippen molar-refractivity contribution in [1.29, 1.82) is 0 Å². The Morgan fingerprint density at radius 2 is 2.21 bits per heavy atom. The van der Waals surface area contributed by atoms with Crippen molar-refractivity contribution < 1.29 is 0 Å². The molecule has 0 spiro atoms. The summed E-state index contributed by atoms with van der Waals surface area (Å²) in [5.41, 5.74) is 7.77. The number of aliphatic imine (C=N–C) groups is 1. The van der Waals surface area contributed by atoms with Gasteiger partial charge in [0.25, 0.3) is 0 Å². The standard InChI is InChI=1S/C13H13N/c1-10-5-3-4-6-12(9-10)13-8-7-11(2)14-13/h3-4,6,8-9H,7H2,1-2H3. The molecule has 1 aliphatic heterocycles. The quantitative estimate of drug-likeness (QED) is 0.553. The van der Waals surface area contributed by atoms with E-state index in [-0.39, 0.29) is 0 Å². The van der Waals surface area contributed by atoms with Crippen LogP contribution in [0.5, 0.6) is 0 Å².